The molecule has 0 aliphatic heterocycles. The van der Waals surface area contributed by atoms with E-state index in [1.165, 1.54) is 0 Å². The van der Waals surface area contributed by atoms with Crippen LogP contribution < -0.4 is 0 Å². The molecule has 4 atom stereocenters. The van der Waals surface area contributed by atoms with Gasteiger partial charge >= 0.3 is 0 Å². The molecule has 1 fully saturated rings. The number of aliphatic hydroxyl groups excluding tert-OH is 1. The van der Waals surface area contributed by atoms with Gasteiger partial charge in [-0.25, -0.2) is 8.78 Å². The molecule has 0 bridgehead atoms. The van der Waals surface area contributed by atoms with Gasteiger partial charge < -0.3 is 5.11 Å². The van der Waals surface area contributed by atoms with Crippen LogP contribution in [-0.4, -0.2) is 23.6 Å². The summed E-state index contributed by atoms with van der Waals surface area (Å²) in [6.07, 6.45) is -3.23. The van der Waals surface area contributed by atoms with Gasteiger partial charge in [0.25, 0.3) is 0 Å². The van der Waals surface area contributed by atoms with Gasteiger partial charge in [0, 0.05) is 0 Å². The van der Waals surface area contributed by atoms with Gasteiger partial charge in [0.15, 0.2) is 6.17 Å². The van der Waals surface area contributed by atoms with Gasteiger partial charge in [-0.05, 0) is 18.8 Å². The van der Waals surface area contributed by atoms with E-state index in [1.807, 2.05) is 0 Å². The summed E-state index contributed by atoms with van der Waals surface area (Å²) in [5.41, 5.74) is 0. The van der Waals surface area contributed by atoms with E-state index >= 15 is 0 Å². The fourth-order valence-electron chi connectivity index (χ4n) is 1.28. The molecule has 10 heavy (non-hydrogen) atoms. The molecule has 0 spiro atoms. The lowest BCUT2D eigenvalue weighted by molar-refractivity contribution is -0.0299. The Bertz CT molecular complexity index is 104. The smallest absolute Gasteiger partial charge is 0.157 e. The Labute approximate surface area is 59.0 Å². The van der Waals surface area contributed by atoms with Gasteiger partial charge in [-0.1, -0.05) is 6.92 Å². The molecule has 1 saturated carbocycles. The highest BCUT2D eigenvalue weighted by molar-refractivity contribution is 4.85. The van der Waals surface area contributed by atoms with E-state index in [1.54, 1.807) is 6.92 Å². The summed E-state index contributed by atoms with van der Waals surface area (Å²) in [6.45, 7) is 1.67. The molecular formula is C7H12F2O. The first-order chi connectivity index (χ1) is 4.63. The first-order valence-electron chi connectivity index (χ1n) is 3.59. The third kappa shape index (κ3) is 1.29. The molecule has 1 N–H and O–H groups in total. The number of halogens is 2. The summed E-state index contributed by atoms with van der Waals surface area (Å²) in [4.78, 5) is 0. The average Bonchev–Trinajstić information content (AvgIpc) is 1.93. The van der Waals surface area contributed by atoms with Gasteiger partial charge in [-0.3, -0.25) is 0 Å². The van der Waals surface area contributed by atoms with Gasteiger partial charge in [0.1, 0.15) is 6.17 Å². The second-order valence-electron chi connectivity index (χ2n) is 3.01. The lowest BCUT2D eigenvalue weighted by Crippen LogP contribution is -2.40. The predicted molar refractivity (Wildman–Crippen MR) is 34.2 cm³/mol. The third-order valence-electron chi connectivity index (χ3n) is 2.13. The van der Waals surface area contributed by atoms with E-state index < -0.39 is 18.4 Å². The number of hydrogen-bond acceptors (Lipinski definition) is 1. The van der Waals surface area contributed by atoms with E-state index in [2.05, 4.69) is 0 Å². The molecule has 1 nitrogen and oxygen atoms in total. The van der Waals surface area contributed by atoms with E-state index in [0.717, 1.165) is 0 Å². The molecule has 1 aliphatic carbocycles. The minimum Gasteiger partial charge on any atom is -0.390 e. The first-order valence-corrected chi connectivity index (χ1v) is 3.59. The van der Waals surface area contributed by atoms with E-state index in [-0.39, 0.29) is 5.92 Å². The zero-order chi connectivity index (χ0) is 7.72. The molecule has 0 aromatic heterocycles. The molecule has 0 radical (unpaired) electrons. The van der Waals surface area contributed by atoms with E-state index in [0.29, 0.717) is 12.8 Å². The largest absolute Gasteiger partial charge is 0.390 e. The lowest BCUT2D eigenvalue weighted by atomic mass is 9.86. The Morgan fingerprint density at radius 1 is 1.20 bits per heavy atom. The van der Waals surface area contributed by atoms with E-state index in [4.69, 9.17) is 5.11 Å². The number of hydrogen-bond donors (Lipinski definition) is 1. The average molecular weight is 150 g/mol. The van der Waals surface area contributed by atoms with Crippen molar-refractivity contribution in [1.82, 2.24) is 0 Å². The van der Waals surface area contributed by atoms with Gasteiger partial charge in [0.2, 0.25) is 0 Å². The molecule has 0 saturated heterocycles. The van der Waals surface area contributed by atoms with E-state index in [9.17, 15) is 8.78 Å². The molecule has 1 aliphatic rings. The summed E-state index contributed by atoms with van der Waals surface area (Å²) >= 11 is 0. The fourth-order valence-corrected chi connectivity index (χ4v) is 1.28. The Morgan fingerprint density at radius 3 is 2.30 bits per heavy atom. The SMILES string of the molecule is CC1CCC(O)C(F)C1F. The molecule has 0 aromatic carbocycles. The zero-order valence-electron chi connectivity index (χ0n) is 5.93. The van der Waals surface area contributed by atoms with Crippen LogP contribution in [0.1, 0.15) is 19.8 Å². The van der Waals surface area contributed by atoms with Crippen molar-refractivity contribution in [3.8, 4) is 0 Å². The zero-order valence-corrected chi connectivity index (χ0v) is 5.93. The highest BCUT2D eigenvalue weighted by atomic mass is 19.2. The maximum absolute atomic E-state index is 12.7. The standard InChI is InChI=1S/C7H12F2O/c1-4-2-3-5(10)7(9)6(4)8/h4-7,10H,2-3H2,1H3. The van der Waals surface area contributed by atoms with Crippen molar-refractivity contribution in [3.63, 3.8) is 0 Å². The van der Waals surface area contributed by atoms with Crippen LogP contribution in [0.15, 0.2) is 0 Å². The van der Waals surface area contributed by atoms with Crippen molar-refractivity contribution < 1.29 is 13.9 Å². The molecule has 0 heterocycles. The minimum absolute atomic E-state index is 0.238. The molecule has 0 aromatic rings. The predicted octanol–water partition coefficient (Wildman–Crippen LogP) is 1.45. The van der Waals surface area contributed by atoms with Crippen molar-refractivity contribution >= 4 is 0 Å². The maximum atomic E-state index is 12.7. The van der Waals surface area contributed by atoms with Crippen LogP contribution >= 0.6 is 0 Å². The summed E-state index contributed by atoms with van der Waals surface area (Å²) in [5, 5.41) is 8.85. The van der Waals surface area contributed by atoms with Gasteiger partial charge in [0.05, 0.1) is 6.10 Å². The summed E-state index contributed by atoms with van der Waals surface area (Å²) in [5.74, 6) is -0.238. The minimum atomic E-state index is -1.66. The second-order valence-corrected chi connectivity index (χ2v) is 3.01. The monoisotopic (exact) mass is 150 g/mol. The summed E-state index contributed by atoms with van der Waals surface area (Å²) < 4.78 is 25.3. The maximum Gasteiger partial charge on any atom is 0.157 e. The summed E-state index contributed by atoms with van der Waals surface area (Å²) in [6, 6.07) is 0. The Hall–Kier alpha value is -0.180. The van der Waals surface area contributed by atoms with Gasteiger partial charge in [-0.15, -0.1) is 0 Å². The Kier molecular flexibility index (Phi) is 2.24. The van der Waals surface area contributed by atoms with Crippen molar-refractivity contribution in [2.24, 2.45) is 5.92 Å². The quantitative estimate of drug-likeness (QED) is 0.554. The first kappa shape index (κ1) is 7.92. The van der Waals surface area contributed by atoms with Crippen LogP contribution in [0.2, 0.25) is 0 Å². The topological polar surface area (TPSA) is 20.2 Å². The summed E-state index contributed by atoms with van der Waals surface area (Å²) in [7, 11) is 0. The number of rotatable bonds is 0. The van der Waals surface area contributed by atoms with Crippen LogP contribution in [-0.2, 0) is 0 Å². The molecule has 0 amide bonds. The number of alkyl halides is 2. The van der Waals surface area contributed by atoms with Gasteiger partial charge in [-0.2, -0.15) is 0 Å². The molecule has 1 rings (SSSR count). The van der Waals surface area contributed by atoms with Crippen LogP contribution in [0.3, 0.4) is 0 Å². The van der Waals surface area contributed by atoms with Crippen LogP contribution in [0.4, 0.5) is 8.78 Å². The van der Waals surface area contributed by atoms with Crippen LogP contribution in [0.25, 0.3) is 0 Å². The normalized spacial score (nSPS) is 49.2. The van der Waals surface area contributed by atoms with Crippen LogP contribution in [0.5, 0.6) is 0 Å². The highest BCUT2D eigenvalue weighted by Crippen LogP contribution is 2.29. The van der Waals surface area contributed by atoms with Crippen molar-refractivity contribution in [1.29, 1.82) is 0 Å². The molecule has 4 unspecified atom stereocenters. The molecule has 60 valence electrons. The Balaban J connectivity index is 2.52. The fraction of sp³-hybridized carbons (Fsp3) is 1.00. The van der Waals surface area contributed by atoms with Crippen LogP contribution in [0, 0.1) is 5.92 Å². The molecule has 3 heteroatoms. The lowest BCUT2D eigenvalue weighted by Gasteiger charge is -2.29. The Morgan fingerprint density at radius 2 is 1.80 bits per heavy atom. The third-order valence-corrected chi connectivity index (χ3v) is 2.13. The highest BCUT2D eigenvalue weighted by Gasteiger charge is 2.36. The second kappa shape index (κ2) is 2.82. The number of aliphatic hydroxyl groups is 1. The molecular weight excluding hydrogens is 138 g/mol. The van der Waals surface area contributed by atoms with Crippen molar-refractivity contribution in [2.45, 2.75) is 38.2 Å². The van der Waals surface area contributed by atoms with Crippen molar-refractivity contribution in [2.75, 3.05) is 0 Å². The van der Waals surface area contributed by atoms with Crippen molar-refractivity contribution in [3.05, 3.63) is 0 Å².